The molecule has 19 heavy (non-hydrogen) atoms. The van der Waals surface area contributed by atoms with E-state index in [9.17, 15) is 4.79 Å². The van der Waals surface area contributed by atoms with Crippen molar-refractivity contribution in [3.05, 3.63) is 47.6 Å². The highest BCUT2D eigenvalue weighted by Crippen LogP contribution is 2.52. The zero-order valence-corrected chi connectivity index (χ0v) is 10.6. The Morgan fingerprint density at radius 1 is 1.37 bits per heavy atom. The molecule has 0 aliphatic heterocycles. The van der Waals surface area contributed by atoms with Gasteiger partial charge in [0.15, 0.2) is 5.82 Å². The van der Waals surface area contributed by atoms with Crippen molar-refractivity contribution in [3.8, 4) is 0 Å². The number of carbonyl (C=O) groups is 1. The summed E-state index contributed by atoms with van der Waals surface area (Å²) >= 11 is 0. The Morgan fingerprint density at radius 2 is 2.11 bits per heavy atom. The van der Waals surface area contributed by atoms with Crippen LogP contribution in [0.5, 0.6) is 0 Å². The van der Waals surface area contributed by atoms with Gasteiger partial charge in [-0.1, -0.05) is 35.5 Å². The molecule has 1 aliphatic carbocycles. The quantitative estimate of drug-likeness (QED) is 0.787. The number of hydrogen-bond acceptors (Lipinski definition) is 5. The molecule has 0 unspecified atom stereocenters. The summed E-state index contributed by atoms with van der Waals surface area (Å²) in [6.07, 6.45) is 1.94. The van der Waals surface area contributed by atoms with Crippen LogP contribution in [-0.2, 0) is 10.2 Å². The van der Waals surface area contributed by atoms with Crippen molar-refractivity contribution in [2.24, 2.45) is 0 Å². The number of nitrogens with zero attached hydrogens (tertiary/aromatic N) is 2. The minimum absolute atomic E-state index is 0.0703. The van der Waals surface area contributed by atoms with Gasteiger partial charge in [-0.15, -0.1) is 0 Å². The molecule has 1 fully saturated rings. The fourth-order valence-corrected chi connectivity index (χ4v) is 2.22. The molecule has 0 spiro atoms. The first-order valence-electron chi connectivity index (χ1n) is 6.33. The number of ether oxygens (including phenoxy) is 1. The molecule has 0 N–H and O–H groups in total. The van der Waals surface area contributed by atoms with Crippen molar-refractivity contribution in [2.45, 2.75) is 25.2 Å². The molecule has 5 heteroatoms. The van der Waals surface area contributed by atoms with Gasteiger partial charge in [-0.25, -0.2) is 4.79 Å². The standard InChI is InChI=1S/C14H14N2O3/c1-2-18-12(17)11-15-13(16-19-11)14(8-9-14)10-6-4-3-5-7-10/h3-7H,2,8-9H2,1H3. The first-order valence-corrected chi connectivity index (χ1v) is 6.33. The van der Waals surface area contributed by atoms with Crippen LogP contribution < -0.4 is 0 Å². The predicted molar refractivity (Wildman–Crippen MR) is 66.7 cm³/mol. The van der Waals surface area contributed by atoms with Gasteiger partial charge in [0, 0.05) is 0 Å². The van der Waals surface area contributed by atoms with E-state index < -0.39 is 5.97 Å². The maximum Gasteiger partial charge on any atom is 0.397 e. The average molecular weight is 258 g/mol. The van der Waals surface area contributed by atoms with Crippen molar-refractivity contribution in [2.75, 3.05) is 6.61 Å². The van der Waals surface area contributed by atoms with Gasteiger partial charge in [0.25, 0.3) is 0 Å². The Labute approximate surface area is 110 Å². The predicted octanol–water partition coefficient (Wildman–Crippen LogP) is 2.33. The third-order valence-corrected chi connectivity index (χ3v) is 3.38. The van der Waals surface area contributed by atoms with Crippen molar-refractivity contribution in [3.63, 3.8) is 0 Å². The van der Waals surface area contributed by atoms with E-state index >= 15 is 0 Å². The second kappa shape index (κ2) is 4.50. The minimum Gasteiger partial charge on any atom is -0.459 e. The summed E-state index contributed by atoms with van der Waals surface area (Å²) in [4.78, 5) is 15.7. The van der Waals surface area contributed by atoms with Crippen molar-refractivity contribution >= 4 is 5.97 Å². The van der Waals surface area contributed by atoms with E-state index in [0.29, 0.717) is 12.4 Å². The van der Waals surface area contributed by atoms with E-state index in [-0.39, 0.29) is 11.3 Å². The van der Waals surface area contributed by atoms with E-state index in [0.717, 1.165) is 18.4 Å². The van der Waals surface area contributed by atoms with Crippen LogP contribution in [0.4, 0.5) is 0 Å². The Balaban J connectivity index is 1.89. The third-order valence-electron chi connectivity index (χ3n) is 3.38. The van der Waals surface area contributed by atoms with Crippen molar-refractivity contribution in [1.29, 1.82) is 0 Å². The van der Waals surface area contributed by atoms with Gasteiger partial charge in [-0.3, -0.25) is 0 Å². The van der Waals surface area contributed by atoms with Crippen LogP contribution in [0.2, 0.25) is 0 Å². The molecule has 1 aromatic heterocycles. The summed E-state index contributed by atoms with van der Waals surface area (Å²) in [5.74, 6) is -0.0640. The van der Waals surface area contributed by atoms with E-state index in [1.54, 1.807) is 6.92 Å². The van der Waals surface area contributed by atoms with Gasteiger partial charge < -0.3 is 9.26 Å². The number of aromatic nitrogens is 2. The van der Waals surface area contributed by atoms with Crippen molar-refractivity contribution in [1.82, 2.24) is 10.1 Å². The molecule has 1 aromatic carbocycles. The normalized spacial score (nSPS) is 16.1. The van der Waals surface area contributed by atoms with Crippen molar-refractivity contribution < 1.29 is 14.1 Å². The third kappa shape index (κ3) is 2.01. The Bertz CT molecular complexity index is 588. The summed E-state index contributed by atoms with van der Waals surface area (Å²) in [6.45, 7) is 2.03. The maximum atomic E-state index is 11.5. The molecule has 0 radical (unpaired) electrons. The highest BCUT2D eigenvalue weighted by molar-refractivity contribution is 5.84. The molecule has 1 heterocycles. The molecule has 0 saturated heterocycles. The Hall–Kier alpha value is -2.17. The highest BCUT2D eigenvalue weighted by atomic mass is 16.6. The Morgan fingerprint density at radius 3 is 2.74 bits per heavy atom. The average Bonchev–Trinajstić information content (AvgIpc) is 3.10. The van der Waals surface area contributed by atoms with Gasteiger partial charge in [0.05, 0.1) is 12.0 Å². The zero-order valence-electron chi connectivity index (χ0n) is 10.6. The summed E-state index contributed by atoms with van der Waals surface area (Å²) in [5.41, 5.74) is 0.974. The number of benzene rings is 1. The molecule has 3 rings (SSSR count). The Kier molecular flexibility index (Phi) is 2.81. The van der Waals surface area contributed by atoms with E-state index in [4.69, 9.17) is 9.26 Å². The SMILES string of the molecule is CCOC(=O)c1nc(C2(c3ccccc3)CC2)no1. The van der Waals surface area contributed by atoms with Gasteiger partial charge in [-0.2, -0.15) is 4.98 Å². The van der Waals surface area contributed by atoms with Crippen LogP contribution in [0.25, 0.3) is 0 Å². The van der Waals surface area contributed by atoms with Crippen LogP contribution in [0.3, 0.4) is 0 Å². The van der Waals surface area contributed by atoms with E-state index in [2.05, 4.69) is 10.1 Å². The monoisotopic (exact) mass is 258 g/mol. The first-order chi connectivity index (χ1) is 9.26. The van der Waals surface area contributed by atoms with Crippen LogP contribution in [0, 0.1) is 0 Å². The minimum atomic E-state index is -0.565. The number of esters is 1. The topological polar surface area (TPSA) is 65.2 Å². The second-order valence-electron chi connectivity index (χ2n) is 4.59. The lowest BCUT2D eigenvalue weighted by Crippen LogP contribution is -2.11. The molecule has 0 amide bonds. The summed E-state index contributed by atoms with van der Waals surface area (Å²) in [5, 5.41) is 3.94. The largest absolute Gasteiger partial charge is 0.459 e. The van der Waals surface area contributed by atoms with Gasteiger partial charge in [0.1, 0.15) is 0 Å². The van der Waals surface area contributed by atoms with Gasteiger partial charge in [-0.05, 0) is 25.3 Å². The molecule has 0 atom stereocenters. The van der Waals surface area contributed by atoms with Gasteiger partial charge in [0.2, 0.25) is 0 Å². The van der Waals surface area contributed by atoms with E-state index in [1.165, 1.54) is 0 Å². The fraction of sp³-hybridized carbons (Fsp3) is 0.357. The molecule has 1 saturated carbocycles. The molecular formula is C14H14N2O3. The van der Waals surface area contributed by atoms with Crippen LogP contribution in [0.1, 0.15) is 41.8 Å². The number of rotatable bonds is 4. The maximum absolute atomic E-state index is 11.5. The first kappa shape index (κ1) is 11.9. The van der Waals surface area contributed by atoms with Crippen LogP contribution in [-0.4, -0.2) is 22.7 Å². The zero-order chi connectivity index (χ0) is 13.3. The van der Waals surface area contributed by atoms with Crippen LogP contribution in [0.15, 0.2) is 34.9 Å². The lowest BCUT2D eigenvalue weighted by Gasteiger charge is -2.09. The second-order valence-corrected chi connectivity index (χ2v) is 4.59. The molecular weight excluding hydrogens is 244 g/mol. The van der Waals surface area contributed by atoms with E-state index in [1.807, 2.05) is 30.3 Å². The number of carbonyl (C=O) groups excluding carboxylic acids is 1. The molecule has 2 aromatic rings. The molecule has 1 aliphatic rings. The summed E-state index contributed by atoms with van der Waals surface area (Å²) in [6, 6.07) is 10.0. The summed E-state index contributed by atoms with van der Waals surface area (Å²) < 4.78 is 9.84. The molecule has 5 nitrogen and oxygen atoms in total. The number of hydrogen-bond donors (Lipinski definition) is 0. The molecule has 98 valence electrons. The highest BCUT2D eigenvalue weighted by Gasteiger charge is 2.50. The smallest absolute Gasteiger partial charge is 0.397 e. The van der Waals surface area contributed by atoms with Gasteiger partial charge >= 0.3 is 11.9 Å². The van der Waals surface area contributed by atoms with Crippen LogP contribution >= 0.6 is 0 Å². The summed E-state index contributed by atoms with van der Waals surface area (Å²) in [7, 11) is 0. The lowest BCUT2D eigenvalue weighted by molar-refractivity contribution is 0.0470. The fourth-order valence-electron chi connectivity index (χ4n) is 2.22. The lowest BCUT2D eigenvalue weighted by atomic mass is 9.95. The molecule has 0 bridgehead atoms.